The Labute approximate surface area is 162 Å². The van der Waals surface area contributed by atoms with Gasteiger partial charge in [-0.3, -0.25) is 9.52 Å². The third-order valence-corrected chi connectivity index (χ3v) is 5.45. The van der Waals surface area contributed by atoms with Gasteiger partial charge in [0.15, 0.2) is 0 Å². The molecule has 0 saturated heterocycles. The van der Waals surface area contributed by atoms with Crippen LogP contribution in [-0.4, -0.2) is 26.3 Å². The van der Waals surface area contributed by atoms with E-state index in [1.165, 1.54) is 47.4 Å². The van der Waals surface area contributed by atoms with Gasteiger partial charge in [0.25, 0.3) is 15.9 Å². The summed E-state index contributed by atoms with van der Waals surface area (Å²) in [4.78, 5) is 13.9. The average molecular weight is 402 g/mol. The van der Waals surface area contributed by atoms with Gasteiger partial charge < -0.3 is 9.32 Å². The Hall–Kier alpha value is -3.13. The van der Waals surface area contributed by atoms with Crippen LogP contribution in [0.15, 0.2) is 70.0 Å². The number of para-hydroxylation sites is 1. The molecule has 0 radical (unpaired) electrons. The molecule has 0 aliphatic heterocycles. The Morgan fingerprint density at radius 3 is 2.36 bits per heavy atom. The third-order valence-electron chi connectivity index (χ3n) is 4.07. The molecule has 1 amide bonds. The number of benzene rings is 2. The van der Waals surface area contributed by atoms with E-state index >= 15 is 0 Å². The van der Waals surface area contributed by atoms with Gasteiger partial charge >= 0.3 is 0 Å². The second-order valence-corrected chi connectivity index (χ2v) is 7.97. The molecular weight excluding hydrogens is 383 g/mol. The number of aryl methyl sites for hydroxylation is 1. The van der Waals surface area contributed by atoms with E-state index in [9.17, 15) is 17.6 Å². The summed E-state index contributed by atoms with van der Waals surface area (Å²) in [6, 6.07) is 14.5. The van der Waals surface area contributed by atoms with E-state index in [1.807, 2.05) is 13.0 Å². The van der Waals surface area contributed by atoms with E-state index in [0.717, 1.165) is 11.8 Å². The number of rotatable bonds is 6. The van der Waals surface area contributed by atoms with Crippen LogP contribution in [0.3, 0.4) is 0 Å². The Bertz CT molecular complexity index is 1090. The predicted molar refractivity (Wildman–Crippen MR) is 103 cm³/mol. The lowest BCUT2D eigenvalue weighted by atomic mass is 10.2. The van der Waals surface area contributed by atoms with Gasteiger partial charge in [0.05, 0.1) is 17.1 Å². The van der Waals surface area contributed by atoms with E-state index in [-0.39, 0.29) is 16.5 Å². The largest absolute Gasteiger partial charge is 0.464 e. The second-order valence-electron chi connectivity index (χ2n) is 6.28. The van der Waals surface area contributed by atoms with Crippen LogP contribution >= 0.6 is 0 Å². The van der Waals surface area contributed by atoms with Crippen LogP contribution in [0.1, 0.15) is 21.9 Å². The van der Waals surface area contributed by atoms with Gasteiger partial charge in [0.1, 0.15) is 17.3 Å². The smallest absolute Gasteiger partial charge is 0.261 e. The summed E-state index contributed by atoms with van der Waals surface area (Å²) in [5, 5.41) is 0. The number of furan rings is 1. The fourth-order valence-corrected chi connectivity index (χ4v) is 3.69. The van der Waals surface area contributed by atoms with Gasteiger partial charge in [0, 0.05) is 12.6 Å². The van der Waals surface area contributed by atoms with E-state index in [2.05, 4.69) is 4.72 Å². The molecule has 0 atom stereocenters. The lowest BCUT2D eigenvalue weighted by molar-refractivity contribution is 0.0775. The van der Waals surface area contributed by atoms with Crippen molar-refractivity contribution in [1.29, 1.82) is 0 Å². The van der Waals surface area contributed by atoms with Crippen LogP contribution < -0.4 is 4.72 Å². The van der Waals surface area contributed by atoms with Crippen LogP contribution in [0.2, 0.25) is 0 Å². The molecule has 0 bridgehead atoms. The van der Waals surface area contributed by atoms with E-state index in [0.29, 0.717) is 17.9 Å². The zero-order valence-corrected chi connectivity index (χ0v) is 16.2. The maximum absolute atomic E-state index is 13.7. The highest BCUT2D eigenvalue weighted by Gasteiger charge is 2.18. The number of nitrogens with zero attached hydrogens (tertiary/aromatic N) is 1. The number of hydrogen-bond acceptors (Lipinski definition) is 4. The minimum atomic E-state index is -3.97. The number of sulfonamides is 1. The van der Waals surface area contributed by atoms with E-state index < -0.39 is 15.8 Å². The van der Waals surface area contributed by atoms with Crippen LogP contribution in [-0.2, 0) is 16.6 Å². The quantitative estimate of drug-likeness (QED) is 0.680. The fourth-order valence-electron chi connectivity index (χ4n) is 2.62. The molecule has 28 heavy (non-hydrogen) atoms. The Balaban J connectivity index is 1.73. The Morgan fingerprint density at radius 1 is 1.07 bits per heavy atom. The number of carbonyl (C=O) groups excluding carboxylic acids is 1. The molecule has 1 heterocycles. The van der Waals surface area contributed by atoms with Crippen molar-refractivity contribution in [2.24, 2.45) is 0 Å². The molecule has 1 N–H and O–H groups in total. The maximum atomic E-state index is 13.7. The normalized spacial score (nSPS) is 11.2. The molecule has 3 rings (SSSR count). The van der Waals surface area contributed by atoms with Crippen LogP contribution in [0.25, 0.3) is 0 Å². The fraction of sp³-hybridized carbons (Fsp3) is 0.150. The molecule has 0 spiro atoms. The molecule has 0 fully saturated rings. The van der Waals surface area contributed by atoms with Crippen LogP contribution in [0, 0.1) is 12.7 Å². The van der Waals surface area contributed by atoms with Crippen LogP contribution in [0.4, 0.5) is 10.1 Å². The van der Waals surface area contributed by atoms with Crippen molar-refractivity contribution in [3.63, 3.8) is 0 Å². The second kappa shape index (κ2) is 7.85. The Morgan fingerprint density at radius 2 is 1.75 bits per heavy atom. The molecule has 3 aromatic rings. The first-order chi connectivity index (χ1) is 13.3. The molecule has 8 heteroatoms. The Kier molecular flexibility index (Phi) is 5.51. The maximum Gasteiger partial charge on any atom is 0.261 e. The topological polar surface area (TPSA) is 79.6 Å². The number of hydrogen-bond donors (Lipinski definition) is 1. The van der Waals surface area contributed by atoms with Gasteiger partial charge in [-0.2, -0.15) is 0 Å². The minimum Gasteiger partial charge on any atom is -0.464 e. The molecule has 0 aliphatic carbocycles. The van der Waals surface area contributed by atoms with Crippen LogP contribution in [0.5, 0.6) is 0 Å². The summed E-state index contributed by atoms with van der Waals surface area (Å²) in [6.07, 6.45) is 0. The van der Waals surface area contributed by atoms with Crippen molar-refractivity contribution in [3.05, 3.63) is 83.6 Å². The zero-order valence-electron chi connectivity index (χ0n) is 15.3. The van der Waals surface area contributed by atoms with E-state index in [1.54, 1.807) is 13.1 Å². The monoisotopic (exact) mass is 402 g/mol. The molecular formula is C20H19FN2O4S. The first kappa shape index (κ1) is 19.6. The summed E-state index contributed by atoms with van der Waals surface area (Å²) in [5.41, 5.74) is 0.187. The highest BCUT2D eigenvalue weighted by Crippen LogP contribution is 2.20. The zero-order chi connectivity index (χ0) is 20.3. The first-order valence-electron chi connectivity index (χ1n) is 8.44. The summed E-state index contributed by atoms with van der Waals surface area (Å²) in [6.45, 7) is 2.11. The number of carbonyl (C=O) groups is 1. The van der Waals surface area contributed by atoms with Gasteiger partial charge in [0.2, 0.25) is 0 Å². The van der Waals surface area contributed by atoms with Crippen molar-refractivity contribution in [2.45, 2.75) is 18.4 Å². The van der Waals surface area contributed by atoms with Crippen molar-refractivity contribution in [2.75, 3.05) is 11.8 Å². The highest BCUT2D eigenvalue weighted by atomic mass is 32.2. The SMILES string of the molecule is Cc1ccc(CN(C)C(=O)c2ccc(S(=O)(=O)Nc3ccccc3F)cc2)o1. The number of nitrogens with one attached hydrogen (secondary N) is 1. The summed E-state index contributed by atoms with van der Waals surface area (Å²) < 4.78 is 46.2. The van der Waals surface area contributed by atoms with Crippen molar-refractivity contribution in [3.8, 4) is 0 Å². The van der Waals surface area contributed by atoms with Crippen molar-refractivity contribution in [1.82, 2.24) is 4.90 Å². The third kappa shape index (κ3) is 4.40. The summed E-state index contributed by atoms with van der Waals surface area (Å²) in [5.74, 6) is 0.460. The molecule has 2 aromatic carbocycles. The highest BCUT2D eigenvalue weighted by molar-refractivity contribution is 7.92. The predicted octanol–water partition coefficient (Wildman–Crippen LogP) is 3.80. The van der Waals surface area contributed by atoms with Gasteiger partial charge in [-0.05, 0) is 55.5 Å². The standard InChI is InChI=1S/C20H19FN2O4S/c1-14-7-10-16(27-14)13-23(2)20(24)15-8-11-17(12-9-15)28(25,26)22-19-6-4-3-5-18(19)21/h3-12,22H,13H2,1-2H3. The molecule has 0 saturated carbocycles. The number of halogens is 1. The number of anilines is 1. The van der Waals surface area contributed by atoms with Crippen molar-refractivity contribution < 1.29 is 22.0 Å². The van der Waals surface area contributed by atoms with Crippen molar-refractivity contribution >= 4 is 21.6 Å². The van der Waals surface area contributed by atoms with E-state index in [4.69, 9.17) is 4.42 Å². The lowest BCUT2D eigenvalue weighted by Crippen LogP contribution is -2.26. The first-order valence-corrected chi connectivity index (χ1v) is 9.93. The van der Waals surface area contributed by atoms with Gasteiger partial charge in [-0.15, -0.1) is 0 Å². The molecule has 1 aromatic heterocycles. The molecule has 0 aliphatic rings. The van der Waals surface area contributed by atoms with Gasteiger partial charge in [-0.25, -0.2) is 12.8 Å². The summed E-state index contributed by atoms with van der Waals surface area (Å²) >= 11 is 0. The molecule has 146 valence electrons. The molecule has 6 nitrogen and oxygen atoms in total. The average Bonchev–Trinajstić information content (AvgIpc) is 3.07. The lowest BCUT2D eigenvalue weighted by Gasteiger charge is -2.16. The minimum absolute atomic E-state index is 0.0726. The number of amides is 1. The summed E-state index contributed by atoms with van der Waals surface area (Å²) in [7, 11) is -2.34. The van der Waals surface area contributed by atoms with Gasteiger partial charge in [-0.1, -0.05) is 12.1 Å². The molecule has 0 unspecified atom stereocenters.